The minimum absolute atomic E-state index is 0.00724. The number of rotatable bonds is 7. The number of anilines is 2. The number of hydrogen-bond donors (Lipinski definition) is 2. The molecule has 1 aliphatic carbocycles. The van der Waals surface area contributed by atoms with Gasteiger partial charge in [0.25, 0.3) is 0 Å². The highest BCUT2D eigenvalue weighted by Gasteiger charge is 2.44. The van der Waals surface area contributed by atoms with E-state index in [0.717, 1.165) is 11.3 Å². The van der Waals surface area contributed by atoms with E-state index in [1.165, 1.54) is 34.4 Å². The maximum absolute atomic E-state index is 13.5. The van der Waals surface area contributed by atoms with E-state index in [9.17, 15) is 14.9 Å². The van der Waals surface area contributed by atoms with Crippen LogP contribution in [0, 0.1) is 22.7 Å². The average Bonchev–Trinajstić information content (AvgIpc) is 3.58. The van der Waals surface area contributed by atoms with Gasteiger partial charge in [0, 0.05) is 35.2 Å². The number of carbonyl (C=O) groups is 2. The number of Topliss-reactive ketones (excluding diaryl/α,β-unsaturated/α-hetero) is 1. The van der Waals surface area contributed by atoms with Crippen LogP contribution in [-0.2, 0) is 9.59 Å². The molecular weight excluding hydrogens is 551 g/mol. The molecular formula is C27H25N7O2S3. The summed E-state index contributed by atoms with van der Waals surface area (Å²) in [6.07, 6.45) is 6.38. The molecule has 0 spiro atoms. The Hall–Kier alpha value is -3.79. The third-order valence-corrected chi connectivity index (χ3v) is 9.03. The Labute approximate surface area is 238 Å². The van der Waals surface area contributed by atoms with Gasteiger partial charge >= 0.3 is 0 Å². The SMILES string of the molecule is CC1(C)CC(=O)C2=C(C1)N(c1nnc(SCC(=O)Nc3nccs3)s1)C(N)=C(C#N)C2/C=C/c1ccccc1. The summed E-state index contributed by atoms with van der Waals surface area (Å²) in [7, 11) is 0. The highest BCUT2D eigenvalue weighted by Crippen LogP contribution is 2.48. The van der Waals surface area contributed by atoms with E-state index < -0.39 is 5.92 Å². The zero-order valence-corrected chi connectivity index (χ0v) is 23.7. The van der Waals surface area contributed by atoms with Crippen LogP contribution in [0.25, 0.3) is 6.08 Å². The minimum atomic E-state index is -0.554. The molecule has 39 heavy (non-hydrogen) atoms. The number of aromatic nitrogens is 3. The lowest BCUT2D eigenvalue weighted by Gasteiger charge is -2.41. The molecule has 3 aromatic rings. The number of nitrogens with zero attached hydrogens (tertiary/aromatic N) is 5. The number of nitrogens with two attached hydrogens (primary N) is 1. The summed E-state index contributed by atoms with van der Waals surface area (Å²) >= 11 is 3.85. The zero-order valence-electron chi connectivity index (χ0n) is 21.2. The number of hydrogen-bond acceptors (Lipinski definition) is 11. The molecule has 0 fully saturated rings. The maximum Gasteiger partial charge on any atom is 0.236 e. The molecule has 1 aliphatic heterocycles. The zero-order chi connectivity index (χ0) is 27.6. The molecule has 1 atom stereocenters. The first kappa shape index (κ1) is 26.8. The Morgan fingerprint density at radius 2 is 2.10 bits per heavy atom. The van der Waals surface area contributed by atoms with E-state index >= 15 is 0 Å². The second-order valence-corrected chi connectivity index (χ2v) is 12.9. The van der Waals surface area contributed by atoms with Crippen molar-refractivity contribution in [3.63, 3.8) is 0 Å². The predicted molar refractivity (Wildman–Crippen MR) is 155 cm³/mol. The molecule has 1 unspecified atom stereocenters. The molecule has 0 saturated heterocycles. The fourth-order valence-corrected chi connectivity index (χ4v) is 6.88. The fourth-order valence-electron chi connectivity index (χ4n) is 4.65. The van der Waals surface area contributed by atoms with Gasteiger partial charge in [0.1, 0.15) is 5.82 Å². The molecule has 5 rings (SSSR count). The third kappa shape index (κ3) is 5.80. The van der Waals surface area contributed by atoms with Gasteiger partial charge in [-0.25, -0.2) is 4.98 Å². The van der Waals surface area contributed by atoms with Crippen LogP contribution in [0.2, 0.25) is 0 Å². The second-order valence-electron chi connectivity index (χ2n) is 9.82. The van der Waals surface area contributed by atoms with Crippen LogP contribution in [0.15, 0.2) is 75.0 Å². The molecule has 3 heterocycles. The largest absolute Gasteiger partial charge is 0.384 e. The Morgan fingerprint density at radius 3 is 2.82 bits per heavy atom. The number of thiazole rings is 1. The maximum atomic E-state index is 13.5. The second kappa shape index (κ2) is 11.1. The predicted octanol–water partition coefficient (Wildman–Crippen LogP) is 5.21. The molecule has 1 amide bonds. The monoisotopic (exact) mass is 575 g/mol. The fraction of sp³-hybridized carbons (Fsp3) is 0.259. The molecule has 0 saturated carbocycles. The average molecular weight is 576 g/mol. The van der Waals surface area contributed by atoms with Gasteiger partial charge in [0.2, 0.25) is 11.0 Å². The number of allylic oxidation sites excluding steroid dienone is 4. The van der Waals surface area contributed by atoms with Gasteiger partial charge in [-0.05, 0) is 17.4 Å². The molecule has 198 valence electrons. The van der Waals surface area contributed by atoms with Gasteiger partial charge in [-0.2, -0.15) is 5.26 Å². The van der Waals surface area contributed by atoms with Gasteiger partial charge in [0.05, 0.1) is 17.4 Å². The van der Waals surface area contributed by atoms with Crippen molar-refractivity contribution < 1.29 is 9.59 Å². The number of ketones is 1. The van der Waals surface area contributed by atoms with Crippen molar-refractivity contribution in [1.82, 2.24) is 15.2 Å². The van der Waals surface area contributed by atoms with Crippen molar-refractivity contribution in [3.8, 4) is 6.07 Å². The number of amides is 1. The van der Waals surface area contributed by atoms with Crippen LogP contribution in [0.3, 0.4) is 0 Å². The van der Waals surface area contributed by atoms with Crippen molar-refractivity contribution in [2.24, 2.45) is 17.1 Å². The standard InChI is InChI=1S/C27H25N7O2S3/c1-27(2)12-19-22(20(35)13-27)17(9-8-16-6-4-3-5-7-16)18(14-28)23(29)34(19)25-32-33-26(39-25)38-15-21(36)31-24-30-10-11-37-24/h3-11,17H,12-13,15,29H2,1-2H3,(H,30,31,36)/b9-8+. The highest BCUT2D eigenvalue weighted by molar-refractivity contribution is 8.01. The summed E-state index contributed by atoms with van der Waals surface area (Å²) < 4.78 is 0.570. The van der Waals surface area contributed by atoms with Gasteiger partial charge in [-0.1, -0.05) is 79.4 Å². The Bertz CT molecular complexity index is 1530. The lowest BCUT2D eigenvalue weighted by Crippen LogP contribution is -2.42. The number of carbonyl (C=O) groups excluding carboxylic acids is 2. The number of benzene rings is 1. The van der Waals surface area contributed by atoms with Crippen molar-refractivity contribution in [2.75, 3.05) is 16.0 Å². The van der Waals surface area contributed by atoms with E-state index in [1.807, 2.05) is 56.3 Å². The van der Waals surface area contributed by atoms with E-state index in [0.29, 0.717) is 38.6 Å². The first-order valence-corrected chi connectivity index (χ1v) is 14.8. The Kier molecular flexibility index (Phi) is 7.65. The van der Waals surface area contributed by atoms with Crippen LogP contribution in [-0.4, -0.2) is 32.6 Å². The van der Waals surface area contributed by atoms with Crippen molar-refractivity contribution in [1.29, 1.82) is 5.26 Å². The van der Waals surface area contributed by atoms with Crippen molar-refractivity contribution in [2.45, 2.75) is 31.0 Å². The summed E-state index contributed by atoms with van der Waals surface area (Å²) in [5.41, 5.74) is 8.92. The first-order valence-electron chi connectivity index (χ1n) is 12.1. The van der Waals surface area contributed by atoms with Crippen LogP contribution in [0.1, 0.15) is 32.3 Å². The van der Waals surface area contributed by atoms with Gasteiger partial charge in [0.15, 0.2) is 15.3 Å². The summed E-state index contributed by atoms with van der Waals surface area (Å²) in [4.78, 5) is 31.6. The molecule has 3 N–H and O–H groups in total. The van der Waals surface area contributed by atoms with Crippen LogP contribution >= 0.6 is 34.4 Å². The quantitative estimate of drug-likeness (QED) is 0.364. The summed E-state index contributed by atoms with van der Waals surface area (Å²) in [6, 6.07) is 12.0. The van der Waals surface area contributed by atoms with Crippen molar-refractivity contribution >= 4 is 62.5 Å². The summed E-state index contributed by atoms with van der Waals surface area (Å²) in [6.45, 7) is 4.09. The van der Waals surface area contributed by atoms with Crippen LogP contribution in [0.4, 0.5) is 10.3 Å². The molecule has 1 aromatic carbocycles. The smallest absolute Gasteiger partial charge is 0.236 e. The van der Waals surface area contributed by atoms with Gasteiger partial charge in [-0.3, -0.25) is 14.5 Å². The van der Waals surface area contributed by atoms with Crippen LogP contribution < -0.4 is 16.0 Å². The lowest BCUT2D eigenvalue weighted by molar-refractivity contribution is -0.118. The van der Waals surface area contributed by atoms with Crippen molar-refractivity contribution in [3.05, 3.63) is 76.2 Å². The molecule has 9 nitrogen and oxygen atoms in total. The normalized spacial score (nSPS) is 18.8. The highest BCUT2D eigenvalue weighted by atomic mass is 32.2. The minimum Gasteiger partial charge on any atom is -0.384 e. The molecule has 2 aromatic heterocycles. The van der Waals surface area contributed by atoms with E-state index in [2.05, 4.69) is 26.6 Å². The van der Waals surface area contributed by atoms with Gasteiger partial charge in [-0.15, -0.1) is 21.5 Å². The number of nitriles is 1. The molecule has 0 radical (unpaired) electrons. The van der Waals surface area contributed by atoms with Crippen LogP contribution in [0.5, 0.6) is 0 Å². The summed E-state index contributed by atoms with van der Waals surface area (Å²) in [5.74, 6) is -0.393. The third-order valence-electron chi connectivity index (χ3n) is 6.30. The number of thioether (sulfide) groups is 1. The molecule has 2 aliphatic rings. The lowest BCUT2D eigenvalue weighted by atomic mass is 9.70. The van der Waals surface area contributed by atoms with Gasteiger partial charge < -0.3 is 11.1 Å². The Morgan fingerprint density at radius 1 is 1.31 bits per heavy atom. The topological polar surface area (TPSA) is 138 Å². The van der Waals surface area contributed by atoms with E-state index in [4.69, 9.17) is 5.73 Å². The molecule has 12 heteroatoms. The molecule has 0 bridgehead atoms. The summed E-state index contributed by atoms with van der Waals surface area (Å²) in [5, 5.41) is 24.3. The Balaban J connectivity index is 1.46. The van der Waals surface area contributed by atoms with E-state index in [1.54, 1.807) is 16.5 Å². The number of nitrogens with one attached hydrogen (secondary N) is 1. The first-order chi connectivity index (χ1) is 18.8. The van der Waals surface area contributed by atoms with E-state index in [-0.39, 0.29) is 28.7 Å².